The first-order chi connectivity index (χ1) is 18.0. The molecule has 0 aliphatic carbocycles. The first kappa shape index (κ1) is 23.8. The van der Waals surface area contributed by atoms with Gasteiger partial charge in [-0.2, -0.15) is 4.31 Å². The van der Waals surface area contributed by atoms with Crippen molar-refractivity contribution in [2.24, 2.45) is 0 Å². The minimum Gasteiger partial charge on any atom is -0.495 e. The Bertz CT molecular complexity index is 1570. The van der Waals surface area contributed by atoms with E-state index in [1.807, 2.05) is 30.3 Å². The summed E-state index contributed by atoms with van der Waals surface area (Å²) in [5, 5.41) is 7.66. The minimum atomic E-state index is -3.43. The van der Waals surface area contributed by atoms with Gasteiger partial charge in [0.25, 0.3) is 0 Å². The number of hydrogen-bond acceptors (Lipinski definition) is 7. The molecule has 2 N–H and O–H groups in total. The Morgan fingerprint density at radius 2 is 1.76 bits per heavy atom. The third-order valence-corrected chi connectivity index (χ3v) is 9.04. The molecule has 0 spiro atoms. The Kier molecular flexibility index (Phi) is 6.27. The van der Waals surface area contributed by atoms with Crippen molar-refractivity contribution in [3.63, 3.8) is 0 Å². The summed E-state index contributed by atoms with van der Waals surface area (Å²) in [4.78, 5) is 9.60. The number of rotatable bonds is 6. The number of nitrogens with one attached hydrogen (secondary N) is 2. The van der Waals surface area contributed by atoms with Gasteiger partial charge in [-0.15, -0.1) is 0 Å². The molecule has 9 heteroatoms. The predicted molar refractivity (Wildman–Crippen MR) is 145 cm³/mol. The number of benzene rings is 3. The number of hydrogen-bond donors (Lipinski definition) is 2. The molecule has 2 aliphatic rings. The molecular formula is C28H29N5O3S. The van der Waals surface area contributed by atoms with Crippen molar-refractivity contribution >= 4 is 32.6 Å². The molecule has 0 atom stereocenters. The molecule has 0 saturated carbocycles. The lowest BCUT2D eigenvalue weighted by atomic mass is 10.00. The summed E-state index contributed by atoms with van der Waals surface area (Å²) in [7, 11) is -1.76. The van der Waals surface area contributed by atoms with Crippen LogP contribution in [0, 0.1) is 0 Å². The summed E-state index contributed by atoms with van der Waals surface area (Å²) in [6.07, 6.45) is 4.62. The normalized spacial score (nSPS) is 16.0. The highest BCUT2D eigenvalue weighted by Gasteiger charge is 2.27. The molecule has 1 fully saturated rings. The molecule has 0 unspecified atom stereocenters. The van der Waals surface area contributed by atoms with Gasteiger partial charge < -0.3 is 15.4 Å². The molecule has 3 aromatic carbocycles. The van der Waals surface area contributed by atoms with Gasteiger partial charge in [-0.25, -0.2) is 18.4 Å². The minimum absolute atomic E-state index is 0.335. The largest absolute Gasteiger partial charge is 0.495 e. The van der Waals surface area contributed by atoms with Gasteiger partial charge in [0.15, 0.2) is 0 Å². The van der Waals surface area contributed by atoms with Crippen LogP contribution in [-0.2, 0) is 23.0 Å². The Morgan fingerprint density at radius 3 is 2.54 bits per heavy atom. The number of aromatic nitrogens is 2. The SMILES string of the molecule is COc1cc2c(cc1Nc1ncc3ccc(-c4ccc(S(=O)(=O)N5CCCC5)cc4)cc3n1)CNCC2. The number of nitrogens with zero attached hydrogens (tertiary/aromatic N) is 3. The number of ether oxygens (including phenoxy) is 1. The van der Waals surface area contributed by atoms with E-state index in [0.717, 1.165) is 65.8 Å². The van der Waals surface area contributed by atoms with Crippen LogP contribution >= 0.6 is 0 Å². The van der Waals surface area contributed by atoms with E-state index in [1.165, 1.54) is 11.1 Å². The molecule has 4 aromatic rings. The van der Waals surface area contributed by atoms with Gasteiger partial charge in [-0.3, -0.25) is 0 Å². The van der Waals surface area contributed by atoms with Gasteiger partial charge >= 0.3 is 0 Å². The van der Waals surface area contributed by atoms with E-state index in [4.69, 9.17) is 9.72 Å². The Balaban J connectivity index is 1.28. The smallest absolute Gasteiger partial charge is 0.243 e. The van der Waals surface area contributed by atoms with Gasteiger partial charge in [0.1, 0.15) is 5.75 Å². The van der Waals surface area contributed by atoms with Gasteiger partial charge in [-0.05, 0) is 78.4 Å². The van der Waals surface area contributed by atoms with Crippen molar-refractivity contribution in [1.29, 1.82) is 0 Å². The summed E-state index contributed by atoms with van der Waals surface area (Å²) >= 11 is 0. The second-order valence-corrected chi connectivity index (χ2v) is 11.4. The van der Waals surface area contributed by atoms with E-state index in [1.54, 1.807) is 29.7 Å². The van der Waals surface area contributed by atoms with E-state index < -0.39 is 10.0 Å². The third kappa shape index (κ3) is 4.66. The Morgan fingerprint density at radius 1 is 0.973 bits per heavy atom. The summed E-state index contributed by atoms with van der Waals surface area (Å²) in [6.45, 7) is 2.99. The highest BCUT2D eigenvalue weighted by atomic mass is 32.2. The molecule has 0 radical (unpaired) electrons. The molecule has 2 aliphatic heterocycles. The second-order valence-electron chi connectivity index (χ2n) is 9.48. The fourth-order valence-corrected chi connectivity index (χ4v) is 6.57. The van der Waals surface area contributed by atoms with Crippen molar-refractivity contribution in [3.05, 3.63) is 71.9 Å². The number of sulfonamides is 1. The molecule has 3 heterocycles. The fourth-order valence-electron chi connectivity index (χ4n) is 5.06. The lowest BCUT2D eigenvalue weighted by molar-refractivity contribution is 0.415. The van der Waals surface area contributed by atoms with Gasteiger partial charge in [0.2, 0.25) is 16.0 Å². The van der Waals surface area contributed by atoms with Crippen molar-refractivity contribution < 1.29 is 13.2 Å². The Labute approximate surface area is 216 Å². The van der Waals surface area contributed by atoms with Gasteiger partial charge in [0.05, 0.1) is 23.2 Å². The lowest BCUT2D eigenvalue weighted by Gasteiger charge is -2.20. The average molecular weight is 516 g/mol. The van der Waals surface area contributed by atoms with Crippen molar-refractivity contribution in [1.82, 2.24) is 19.6 Å². The van der Waals surface area contributed by atoms with Crippen LogP contribution in [0.3, 0.4) is 0 Å². The van der Waals surface area contributed by atoms with Crippen LogP contribution in [0.4, 0.5) is 11.6 Å². The van der Waals surface area contributed by atoms with Crippen LogP contribution in [0.1, 0.15) is 24.0 Å². The van der Waals surface area contributed by atoms with Crippen molar-refractivity contribution in [3.8, 4) is 16.9 Å². The maximum atomic E-state index is 12.9. The number of methoxy groups -OCH3 is 1. The maximum absolute atomic E-state index is 12.9. The summed E-state index contributed by atoms with van der Waals surface area (Å²) in [5.41, 5.74) is 6.05. The average Bonchev–Trinajstić information content (AvgIpc) is 3.49. The molecular weight excluding hydrogens is 486 g/mol. The first-order valence-corrected chi connectivity index (χ1v) is 14.0. The second kappa shape index (κ2) is 9.74. The van der Waals surface area contributed by atoms with E-state index >= 15 is 0 Å². The van der Waals surface area contributed by atoms with Crippen LogP contribution in [0.2, 0.25) is 0 Å². The monoisotopic (exact) mass is 515 g/mol. The number of anilines is 2. The number of fused-ring (bicyclic) bond motifs is 2. The predicted octanol–water partition coefficient (Wildman–Crippen LogP) is 4.48. The first-order valence-electron chi connectivity index (χ1n) is 12.6. The van der Waals surface area contributed by atoms with Crippen LogP contribution in [0.25, 0.3) is 22.0 Å². The van der Waals surface area contributed by atoms with Crippen molar-refractivity contribution in [2.75, 3.05) is 32.1 Å². The highest BCUT2D eigenvalue weighted by molar-refractivity contribution is 7.89. The van der Waals surface area contributed by atoms with Crippen LogP contribution < -0.4 is 15.4 Å². The fraction of sp³-hybridized carbons (Fsp3) is 0.286. The zero-order valence-electron chi connectivity index (χ0n) is 20.7. The molecule has 190 valence electrons. The zero-order valence-corrected chi connectivity index (χ0v) is 21.5. The lowest BCUT2D eigenvalue weighted by Crippen LogP contribution is -2.27. The maximum Gasteiger partial charge on any atom is 0.243 e. The topological polar surface area (TPSA) is 96.4 Å². The molecule has 8 nitrogen and oxygen atoms in total. The molecule has 0 bridgehead atoms. The van der Waals surface area contributed by atoms with Crippen LogP contribution in [0.5, 0.6) is 5.75 Å². The van der Waals surface area contributed by atoms with Crippen LogP contribution in [-0.4, -0.2) is 49.4 Å². The van der Waals surface area contributed by atoms with Crippen LogP contribution in [0.15, 0.2) is 65.7 Å². The van der Waals surface area contributed by atoms with Gasteiger partial charge in [0, 0.05) is 31.2 Å². The molecule has 37 heavy (non-hydrogen) atoms. The highest BCUT2D eigenvalue weighted by Crippen LogP contribution is 2.32. The molecule has 6 rings (SSSR count). The third-order valence-electron chi connectivity index (χ3n) is 7.13. The molecule has 1 saturated heterocycles. The quantitative estimate of drug-likeness (QED) is 0.391. The summed E-state index contributed by atoms with van der Waals surface area (Å²) < 4.78 is 32.9. The van der Waals surface area contributed by atoms with E-state index in [2.05, 4.69) is 27.8 Å². The van der Waals surface area contributed by atoms with E-state index in [-0.39, 0.29) is 0 Å². The summed E-state index contributed by atoms with van der Waals surface area (Å²) in [5.74, 6) is 1.25. The Hall–Kier alpha value is -3.53. The summed E-state index contributed by atoms with van der Waals surface area (Å²) in [6, 6.07) is 17.3. The molecule has 0 amide bonds. The molecule has 1 aromatic heterocycles. The van der Waals surface area contributed by atoms with E-state index in [9.17, 15) is 8.42 Å². The van der Waals surface area contributed by atoms with Gasteiger partial charge in [-0.1, -0.05) is 24.3 Å². The van der Waals surface area contributed by atoms with E-state index in [0.29, 0.717) is 23.9 Å². The standard InChI is InChI=1S/C28H29N5O3S/c1-36-27-16-21-10-11-29-17-23(21)15-26(27)32-28-30-18-22-5-4-20(14-25(22)31-28)19-6-8-24(9-7-19)37(34,35)33-12-2-3-13-33/h4-9,14-16,18,29H,2-3,10-13,17H2,1H3,(H,30,31,32). The zero-order chi connectivity index (χ0) is 25.4. The van der Waals surface area contributed by atoms with Crippen molar-refractivity contribution in [2.45, 2.75) is 30.7 Å².